The van der Waals surface area contributed by atoms with Crippen LogP contribution in [0, 0.1) is 5.92 Å². The van der Waals surface area contributed by atoms with Crippen LogP contribution in [0.5, 0.6) is 0 Å². The first-order valence-corrected chi connectivity index (χ1v) is 7.94. The summed E-state index contributed by atoms with van der Waals surface area (Å²) in [6.45, 7) is 2.10. The lowest BCUT2D eigenvalue weighted by Crippen LogP contribution is -2.46. The van der Waals surface area contributed by atoms with Crippen LogP contribution < -0.4 is 5.32 Å². The predicted octanol–water partition coefficient (Wildman–Crippen LogP) is 0.313. The number of hydrogen-bond donors (Lipinski definition) is 2. The molecule has 0 aromatic rings. The third kappa shape index (κ3) is 2.76. The Bertz CT molecular complexity index is 335. The Balaban J connectivity index is 1.89. The van der Waals surface area contributed by atoms with Gasteiger partial charge in [0.1, 0.15) is 0 Å². The van der Waals surface area contributed by atoms with E-state index < -0.39 is 15.9 Å². The summed E-state index contributed by atoms with van der Waals surface area (Å²) in [5, 5.41) is 13.0. The van der Waals surface area contributed by atoms with Crippen LogP contribution in [-0.2, 0) is 9.84 Å². The summed E-state index contributed by atoms with van der Waals surface area (Å²) in [6, 6.07) is 0.0519. The van der Waals surface area contributed by atoms with Crippen molar-refractivity contribution in [2.24, 2.45) is 5.92 Å². The maximum absolute atomic E-state index is 11.4. The first kappa shape index (κ1) is 12.3. The molecule has 2 aliphatic rings. The van der Waals surface area contributed by atoms with E-state index >= 15 is 0 Å². The van der Waals surface area contributed by atoms with Crippen LogP contribution in [0.3, 0.4) is 0 Å². The second-order valence-electron chi connectivity index (χ2n) is 5.25. The van der Waals surface area contributed by atoms with E-state index in [-0.39, 0.29) is 17.5 Å². The summed E-state index contributed by atoms with van der Waals surface area (Å²) in [5.41, 5.74) is 0. The van der Waals surface area contributed by atoms with E-state index in [0.717, 1.165) is 0 Å². The molecule has 3 atom stereocenters. The standard InChI is InChI=1S/C11H21NO3S/c1-8(9-4-2-3-5-9)12-10-6-16(14,15)7-11(10)13/h8-13H,2-7H2,1H3/t8-,10?,11?/m0/s1. The first-order valence-electron chi connectivity index (χ1n) is 6.12. The van der Waals surface area contributed by atoms with Crippen LogP contribution in [0.15, 0.2) is 0 Å². The molecule has 0 radical (unpaired) electrons. The number of aliphatic hydroxyl groups excluding tert-OH is 1. The van der Waals surface area contributed by atoms with Gasteiger partial charge < -0.3 is 10.4 Å². The number of rotatable bonds is 3. The smallest absolute Gasteiger partial charge is 0.154 e. The van der Waals surface area contributed by atoms with Gasteiger partial charge in [-0.05, 0) is 25.7 Å². The molecule has 0 aromatic heterocycles. The molecule has 5 heteroatoms. The quantitative estimate of drug-likeness (QED) is 0.753. The molecule has 2 fully saturated rings. The Morgan fingerprint density at radius 2 is 1.88 bits per heavy atom. The molecule has 0 amide bonds. The average Bonchev–Trinajstić information content (AvgIpc) is 2.74. The monoisotopic (exact) mass is 247 g/mol. The Morgan fingerprint density at radius 3 is 2.38 bits per heavy atom. The van der Waals surface area contributed by atoms with Crippen molar-refractivity contribution in [3.05, 3.63) is 0 Å². The first-order chi connectivity index (χ1) is 7.48. The highest BCUT2D eigenvalue weighted by Crippen LogP contribution is 2.28. The van der Waals surface area contributed by atoms with Gasteiger partial charge in [-0.25, -0.2) is 8.42 Å². The largest absolute Gasteiger partial charge is 0.390 e. The van der Waals surface area contributed by atoms with Crippen molar-refractivity contribution in [2.45, 2.75) is 50.8 Å². The van der Waals surface area contributed by atoms with Gasteiger partial charge in [-0.2, -0.15) is 0 Å². The average molecular weight is 247 g/mol. The summed E-state index contributed by atoms with van der Waals surface area (Å²) in [6.07, 6.45) is 4.28. The molecular weight excluding hydrogens is 226 g/mol. The third-order valence-corrected chi connectivity index (χ3v) is 5.62. The van der Waals surface area contributed by atoms with Gasteiger partial charge in [-0.1, -0.05) is 12.8 Å². The molecule has 94 valence electrons. The van der Waals surface area contributed by atoms with Gasteiger partial charge in [0, 0.05) is 12.1 Å². The molecule has 4 nitrogen and oxygen atoms in total. The fourth-order valence-electron chi connectivity index (χ4n) is 2.92. The van der Waals surface area contributed by atoms with Gasteiger partial charge in [0.05, 0.1) is 17.6 Å². The summed E-state index contributed by atoms with van der Waals surface area (Å²) >= 11 is 0. The van der Waals surface area contributed by atoms with E-state index in [9.17, 15) is 13.5 Å². The number of nitrogens with one attached hydrogen (secondary N) is 1. The number of hydrogen-bond acceptors (Lipinski definition) is 4. The van der Waals surface area contributed by atoms with Gasteiger partial charge in [0.25, 0.3) is 0 Å². The molecule has 1 aliphatic heterocycles. The van der Waals surface area contributed by atoms with Crippen molar-refractivity contribution in [2.75, 3.05) is 11.5 Å². The zero-order chi connectivity index (χ0) is 11.8. The Morgan fingerprint density at radius 1 is 1.25 bits per heavy atom. The zero-order valence-electron chi connectivity index (χ0n) is 9.72. The van der Waals surface area contributed by atoms with Gasteiger partial charge in [-0.15, -0.1) is 0 Å². The SMILES string of the molecule is C[C@H](NC1CS(=O)(=O)CC1O)C1CCCC1. The normalized spacial score (nSPS) is 36.6. The molecule has 1 aliphatic carbocycles. The van der Waals surface area contributed by atoms with E-state index in [1.54, 1.807) is 0 Å². The van der Waals surface area contributed by atoms with E-state index in [4.69, 9.17) is 0 Å². The molecule has 0 aromatic carbocycles. The van der Waals surface area contributed by atoms with Crippen molar-refractivity contribution in [3.8, 4) is 0 Å². The molecule has 0 bridgehead atoms. The Hall–Kier alpha value is -0.130. The van der Waals surface area contributed by atoms with Gasteiger partial charge in [0.2, 0.25) is 0 Å². The second-order valence-corrected chi connectivity index (χ2v) is 7.40. The summed E-state index contributed by atoms with van der Waals surface area (Å²) in [4.78, 5) is 0. The van der Waals surface area contributed by atoms with Crippen LogP contribution >= 0.6 is 0 Å². The zero-order valence-corrected chi connectivity index (χ0v) is 10.5. The summed E-state index contributed by atoms with van der Waals surface area (Å²) in [7, 11) is -3.03. The molecule has 1 heterocycles. The van der Waals surface area contributed by atoms with Gasteiger partial charge in [-0.3, -0.25) is 0 Å². The van der Waals surface area contributed by atoms with Crippen LogP contribution in [0.25, 0.3) is 0 Å². The van der Waals surface area contributed by atoms with Crippen molar-refractivity contribution < 1.29 is 13.5 Å². The lowest BCUT2D eigenvalue weighted by Gasteiger charge is -2.25. The molecule has 2 rings (SSSR count). The minimum absolute atomic E-state index is 0.0813. The van der Waals surface area contributed by atoms with Crippen LogP contribution in [0.4, 0.5) is 0 Å². The fourth-order valence-corrected chi connectivity index (χ4v) is 4.67. The molecule has 2 unspecified atom stereocenters. The van der Waals surface area contributed by atoms with E-state index in [0.29, 0.717) is 12.0 Å². The Kier molecular flexibility index (Phi) is 3.56. The van der Waals surface area contributed by atoms with Gasteiger partial charge in [0.15, 0.2) is 9.84 Å². The predicted molar refractivity (Wildman–Crippen MR) is 63.0 cm³/mol. The fraction of sp³-hybridized carbons (Fsp3) is 1.00. The minimum Gasteiger partial charge on any atom is -0.390 e. The van der Waals surface area contributed by atoms with Crippen molar-refractivity contribution in [1.29, 1.82) is 0 Å². The topological polar surface area (TPSA) is 66.4 Å². The Labute approximate surface area is 97.3 Å². The summed E-state index contributed by atoms with van der Waals surface area (Å²) < 4.78 is 22.7. The maximum atomic E-state index is 11.4. The second kappa shape index (κ2) is 4.63. The highest BCUT2D eigenvalue weighted by Gasteiger charge is 2.37. The minimum atomic E-state index is -3.03. The highest BCUT2D eigenvalue weighted by molar-refractivity contribution is 7.91. The number of sulfone groups is 1. The van der Waals surface area contributed by atoms with Crippen molar-refractivity contribution >= 4 is 9.84 Å². The molecule has 1 saturated heterocycles. The van der Waals surface area contributed by atoms with Crippen LogP contribution in [0.1, 0.15) is 32.6 Å². The highest BCUT2D eigenvalue weighted by atomic mass is 32.2. The molecular formula is C11H21NO3S. The number of aliphatic hydroxyl groups is 1. The molecule has 2 N–H and O–H groups in total. The third-order valence-electron chi connectivity index (χ3n) is 3.91. The van der Waals surface area contributed by atoms with Crippen LogP contribution in [-0.4, -0.2) is 43.2 Å². The van der Waals surface area contributed by atoms with Crippen molar-refractivity contribution in [1.82, 2.24) is 5.32 Å². The molecule has 1 saturated carbocycles. The molecule has 0 spiro atoms. The van der Waals surface area contributed by atoms with E-state index in [2.05, 4.69) is 12.2 Å². The van der Waals surface area contributed by atoms with Crippen LogP contribution in [0.2, 0.25) is 0 Å². The maximum Gasteiger partial charge on any atom is 0.154 e. The van der Waals surface area contributed by atoms with Gasteiger partial charge >= 0.3 is 0 Å². The van der Waals surface area contributed by atoms with Crippen molar-refractivity contribution in [3.63, 3.8) is 0 Å². The summed E-state index contributed by atoms with van der Waals surface area (Å²) in [5.74, 6) is 0.656. The van der Waals surface area contributed by atoms with E-state index in [1.165, 1.54) is 25.7 Å². The van der Waals surface area contributed by atoms with E-state index in [1.807, 2.05) is 0 Å². The lowest BCUT2D eigenvalue weighted by molar-refractivity contribution is 0.153. The molecule has 16 heavy (non-hydrogen) atoms. The lowest BCUT2D eigenvalue weighted by atomic mass is 9.98.